The molecule has 0 bridgehead atoms. The van der Waals surface area contributed by atoms with E-state index in [9.17, 15) is 14.4 Å². The Kier molecular flexibility index (Phi) is 4.78. The van der Waals surface area contributed by atoms with Gasteiger partial charge in [0.1, 0.15) is 17.1 Å². The van der Waals surface area contributed by atoms with Crippen molar-refractivity contribution in [1.29, 1.82) is 0 Å². The van der Waals surface area contributed by atoms with Crippen LogP contribution in [0, 0.1) is 16.7 Å². The molecule has 2 N–H and O–H groups in total. The fraction of sp³-hybridized carbons (Fsp3) is 0.533. The number of esters is 1. The van der Waals surface area contributed by atoms with Gasteiger partial charge in [-0.15, -0.1) is 0 Å². The van der Waals surface area contributed by atoms with Gasteiger partial charge in [0.05, 0.1) is 5.92 Å². The van der Waals surface area contributed by atoms with Crippen LogP contribution in [0.4, 0.5) is 4.79 Å². The molecule has 2 aliphatic rings. The lowest BCUT2D eigenvalue weighted by Crippen LogP contribution is -2.33. The third-order valence-corrected chi connectivity index (χ3v) is 4.92. The lowest BCUT2D eigenvalue weighted by molar-refractivity contribution is -0.145. The molecular formula is C15H18Cl2N2O4. The minimum atomic E-state index is -0.774. The molecule has 1 aliphatic heterocycles. The van der Waals surface area contributed by atoms with Gasteiger partial charge in [-0.25, -0.2) is 4.79 Å². The van der Waals surface area contributed by atoms with Crippen LogP contribution in [0.5, 0.6) is 0 Å². The summed E-state index contributed by atoms with van der Waals surface area (Å²) < 4.78 is 5.14. The molecule has 1 aliphatic carbocycles. The summed E-state index contributed by atoms with van der Waals surface area (Å²) in [7, 11) is 0. The number of carbonyl (C=O) groups is 3. The number of amides is 3. The van der Waals surface area contributed by atoms with Crippen LogP contribution >= 0.6 is 23.2 Å². The number of nitrogens with one attached hydrogen (secondary N) is 2. The van der Waals surface area contributed by atoms with Gasteiger partial charge < -0.3 is 10.1 Å². The second-order valence-electron chi connectivity index (χ2n) is 6.27. The first-order valence-corrected chi connectivity index (χ1v) is 7.84. The van der Waals surface area contributed by atoms with Crippen molar-refractivity contribution >= 4 is 41.1 Å². The smallest absolute Gasteiger partial charge is 0.322 e. The summed E-state index contributed by atoms with van der Waals surface area (Å²) in [5, 5.41) is 4.70. The van der Waals surface area contributed by atoms with E-state index in [1.54, 1.807) is 6.08 Å². The van der Waals surface area contributed by atoms with Crippen molar-refractivity contribution in [3.63, 3.8) is 0 Å². The highest BCUT2D eigenvalue weighted by molar-refractivity contribution is 6.55. The maximum atomic E-state index is 12.3. The largest absolute Gasteiger partial charge is 0.461 e. The van der Waals surface area contributed by atoms with Gasteiger partial charge in [-0.05, 0) is 17.9 Å². The van der Waals surface area contributed by atoms with Crippen LogP contribution in [0.3, 0.4) is 0 Å². The number of ether oxygens (including phenoxy) is 1. The van der Waals surface area contributed by atoms with Gasteiger partial charge in [-0.1, -0.05) is 49.7 Å². The molecule has 23 heavy (non-hydrogen) atoms. The first-order chi connectivity index (χ1) is 10.7. The topological polar surface area (TPSA) is 84.5 Å². The molecule has 1 saturated heterocycles. The number of hydrogen-bond donors (Lipinski definition) is 2. The van der Waals surface area contributed by atoms with Crippen LogP contribution in [0.15, 0.2) is 23.2 Å². The minimum Gasteiger partial charge on any atom is -0.461 e. The summed E-state index contributed by atoms with van der Waals surface area (Å²) in [6.07, 6.45) is 3.24. The number of carbonyl (C=O) groups excluding carboxylic acids is 3. The molecule has 0 aromatic carbocycles. The summed E-state index contributed by atoms with van der Waals surface area (Å²) in [5.41, 5.74) is -1.29. The number of imide groups is 1. The molecular weight excluding hydrogens is 343 g/mol. The van der Waals surface area contributed by atoms with Crippen LogP contribution < -0.4 is 10.6 Å². The standard InChI is InChI=1S/C15H18Cl2N2O4/c1-4-5-23-12(21)10-14(2,3)15(10,7-9(16)17)6-8-11(20)19-13(22)18-8/h4,7-8,10H,1,5-6H2,2-3H3,(H2,18,19,20,22). The van der Waals surface area contributed by atoms with E-state index in [2.05, 4.69) is 17.2 Å². The lowest BCUT2D eigenvalue weighted by atomic mass is 9.88. The average molecular weight is 361 g/mol. The highest BCUT2D eigenvalue weighted by Gasteiger charge is 2.74. The Bertz CT molecular complexity index is 598. The zero-order valence-electron chi connectivity index (χ0n) is 12.8. The summed E-state index contributed by atoms with van der Waals surface area (Å²) in [6.45, 7) is 7.34. The van der Waals surface area contributed by atoms with E-state index in [-0.39, 0.29) is 17.5 Å². The Morgan fingerprint density at radius 2 is 2.04 bits per heavy atom. The molecule has 2 rings (SSSR count). The van der Waals surface area contributed by atoms with Crippen molar-refractivity contribution in [3.8, 4) is 0 Å². The van der Waals surface area contributed by atoms with Gasteiger partial charge in [0.15, 0.2) is 0 Å². The number of rotatable bonds is 6. The van der Waals surface area contributed by atoms with E-state index in [0.717, 1.165) is 0 Å². The molecule has 3 atom stereocenters. The zero-order chi connectivity index (χ0) is 17.4. The second-order valence-corrected chi connectivity index (χ2v) is 7.28. The van der Waals surface area contributed by atoms with Crippen LogP contribution in [-0.4, -0.2) is 30.6 Å². The summed E-state index contributed by atoms with van der Waals surface area (Å²) in [5.74, 6) is -1.37. The lowest BCUT2D eigenvalue weighted by Gasteiger charge is -2.19. The third-order valence-electron chi connectivity index (χ3n) is 4.70. The van der Waals surface area contributed by atoms with Gasteiger partial charge in [0.2, 0.25) is 0 Å². The van der Waals surface area contributed by atoms with Gasteiger partial charge in [0.25, 0.3) is 5.91 Å². The predicted molar refractivity (Wildman–Crippen MR) is 85.7 cm³/mol. The summed E-state index contributed by atoms with van der Waals surface area (Å²) in [4.78, 5) is 35.4. The predicted octanol–water partition coefficient (Wildman–Crippen LogP) is 2.28. The molecule has 6 nitrogen and oxygen atoms in total. The average Bonchev–Trinajstić information content (AvgIpc) is 2.68. The van der Waals surface area contributed by atoms with Crippen LogP contribution in [0.1, 0.15) is 20.3 Å². The van der Waals surface area contributed by atoms with Gasteiger partial charge in [0, 0.05) is 5.41 Å². The van der Waals surface area contributed by atoms with Crippen molar-refractivity contribution in [2.75, 3.05) is 6.61 Å². The molecule has 1 heterocycles. The van der Waals surface area contributed by atoms with E-state index >= 15 is 0 Å². The Hall–Kier alpha value is -1.53. The fourth-order valence-electron chi connectivity index (χ4n) is 3.46. The first kappa shape index (κ1) is 17.8. The third kappa shape index (κ3) is 3.10. The van der Waals surface area contributed by atoms with Crippen molar-refractivity contribution in [2.45, 2.75) is 26.3 Å². The summed E-state index contributed by atoms with van der Waals surface area (Å²) >= 11 is 11.6. The molecule has 3 amide bonds. The van der Waals surface area contributed by atoms with Crippen LogP contribution in [-0.2, 0) is 14.3 Å². The molecule has 0 aromatic rings. The first-order valence-electron chi connectivity index (χ1n) is 7.08. The van der Waals surface area contributed by atoms with Gasteiger partial charge in [-0.2, -0.15) is 0 Å². The second kappa shape index (κ2) is 6.17. The Balaban J connectivity index is 2.28. The summed E-state index contributed by atoms with van der Waals surface area (Å²) in [6, 6.07) is -1.30. The quantitative estimate of drug-likeness (QED) is 0.432. The normalized spacial score (nSPS) is 31.0. The van der Waals surface area contributed by atoms with Crippen LogP contribution in [0.2, 0.25) is 0 Å². The number of hydrogen-bond acceptors (Lipinski definition) is 4. The minimum absolute atomic E-state index is 0.00169. The maximum absolute atomic E-state index is 12.3. The molecule has 8 heteroatoms. The van der Waals surface area contributed by atoms with Crippen molar-refractivity contribution < 1.29 is 19.1 Å². The Morgan fingerprint density at radius 3 is 2.52 bits per heavy atom. The molecule has 126 valence electrons. The van der Waals surface area contributed by atoms with E-state index in [1.807, 2.05) is 13.8 Å². The number of halogens is 2. The highest BCUT2D eigenvalue weighted by atomic mass is 35.5. The van der Waals surface area contributed by atoms with E-state index in [4.69, 9.17) is 27.9 Å². The van der Waals surface area contributed by atoms with Gasteiger partial charge in [-0.3, -0.25) is 14.9 Å². The number of allylic oxidation sites excluding steroid dienone is 1. The fourth-order valence-corrected chi connectivity index (χ4v) is 3.85. The zero-order valence-corrected chi connectivity index (χ0v) is 14.3. The monoisotopic (exact) mass is 360 g/mol. The SMILES string of the molecule is C=CCOC(=O)C1C(C)(C)C1(C=C(Cl)Cl)CC1NC(=O)NC1=O. The van der Waals surface area contributed by atoms with E-state index in [0.29, 0.717) is 0 Å². The molecule has 3 unspecified atom stereocenters. The number of urea groups is 1. The molecule has 0 aromatic heterocycles. The van der Waals surface area contributed by atoms with Crippen LogP contribution in [0.25, 0.3) is 0 Å². The van der Waals surface area contributed by atoms with E-state index in [1.165, 1.54) is 6.08 Å². The molecule has 1 saturated carbocycles. The molecule has 0 spiro atoms. The molecule has 0 radical (unpaired) electrons. The van der Waals surface area contributed by atoms with E-state index < -0.39 is 40.7 Å². The van der Waals surface area contributed by atoms with Crippen molar-refractivity contribution in [1.82, 2.24) is 10.6 Å². The Labute approximate surface area is 144 Å². The van der Waals surface area contributed by atoms with Crippen molar-refractivity contribution in [2.24, 2.45) is 16.7 Å². The highest BCUT2D eigenvalue weighted by Crippen LogP contribution is 2.72. The molecule has 2 fully saturated rings. The van der Waals surface area contributed by atoms with Crippen molar-refractivity contribution in [3.05, 3.63) is 23.2 Å². The maximum Gasteiger partial charge on any atom is 0.322 e. The van der Waals surface area contributed by atoms with Gasteiger partial charge >= 0.3 is 12.0 Å². The Morgan fingerprint density at radius 1 is 1.39 bits per heavy atom.